The highest BCUT2D eigenvalue weighted by atomic mass is 28.5. The Kier molecular flexibility index (Phi) is 14.2. The van der Waals surface area contributed by atoms with E-state index in [1.807, 2.05) is 0 Å². The third-order valence-corrected chi connectivity index (χ3v) is 41.1. The minimum absolute atomic E-state index is 0.605. The van der Waals surface area contributed by atoms with E-state index < -0.39 is 57.5 Å². The lowest BCUT2D eigenvalue weighted by atomic mass is 9.87. The van der Waals surface area contributed by atoms with Gasteiger partial charge in [-0.15, -0.1) is 0 Å². The van der Waals surface area contributed by atoms with Crippen LogP contribution in [0.3, 0.4) is 0 Å². The van der Waals surface area contributed by atoms with E-state index in [-0.39, 0.29) is 0 Å². The Morgan fingerprint density at radius 1 is 0.404 bits per heavy atom. The monoisotopic (exact) mass is 896 g/mol. The topological polar surface area (TPSA) is 43.5 Å². The molecule has 6 atom stereocenters. The second kappa shape index (κ2) is 17.5. The van der Waals surface area contributed by atoms with Gasteiger partial charge >= 0.3 is 8.56 Å². The minimum Gasteiger partial charge on any atom is -0.437 e. The van der Waals surface area contributed by atoms with Crippen molar-refractivity contribution in [3.63, 3.8) is 0 Å². The van der Waals surface area contributed by atoms with Crippen molar-refractivity contribution in [1.82, 2.24) is 0 Å². The molecular formula is C46H84O4Si7. The lowest BCUT2D eigenvalue weighted by Gasteiger charge is -2.40. The van der Waals surface area contributed by atoms with Crippen LogP contribution in [0.2, 0.25) is 128 Å². The van der Waals surface area contributed by atoms with Gasteiger partial charge in [0.1, 0.15) is 0 Å². The molecule has 0 radical (unpaired) electrons. The lowest BCUT2D eigenvalue weighted by Crippen LogP contribution is -2.54. The Morgan fingerprint density at radius 2 is 0.702 bits per heavy atom. The molecule has 0 bridgehead atoms. The van der Waals surface area contributed by atoms with Crippen molar-refractivity contribution >= 4 is 78.2 Å². The molecule has 2 aromatic carbocycles. The van der Waals surface area contributed by atoms with Crippen molar-refractivity contribution in [3.8, 4) is 0 Å². The molecule has 4 aliphatic rings. The average Bonchev–Trinajstić information content (AvgIpc) is 4.06. The maximum atomic E-state index is 7.19. The molecule has 0 spiro atoms. The van der Waals surface area contributed by atoms with E-state index in [2.05, 4.69) is 140 Å². The fourth-order valence-corrected chi connectivity index (χ4v) is 40.1. The molecule has 2 aliphatic heterocycles. The van der Waals surface area contributed by atoms with E-state index in [1.54, 1.807) is 20.7 Å². The zero-order valence-corrected chi connectivity index (χ0v) is 46.1. The Balaban J connectivity index is 0.948. The highest BCUT2D eigenvalue weighted by Gasteiger charge is 2.46. The number of fused-ring (bicyclic) bond motifs is 2. The largest absolute Gasteiger partial charge is 0.437 e. The number of epoxide rings is 2. The first-order valence-corrected chi connectivity index (χ1v) is 45.1. The van der Waals surface area contributed by atoms with Crippen molar-refractivity contribution < 1.29 is 17.7 Å². The summed E-state index contributed by atoms with van der Waals surface area (Å²) in [4.78, 5) is 0. The molecule has 2 saturated heterocycles. The zero-order valence-electron chi connectivity index (χ0n) is 39.1. The van der Waals surface area contributed by atoms with Crippen LogP contribution in [0.4, 0.5) is 0 Å². The fourth-order valence-electron chi connectivity index (χ4n) is 10.6. The number of benzene rings is 2. The second-order valence-corrected chi connectivity index (χ2v) is 55.5. The van der Waals surface area contributed by atoms with E-state index in [9.17, 15) is 0 Å². The smallest absolute Gasteiger partial charge is 0.311 e. The van der Waals surface area contributed by atoms with Gasteiger partial charge in [0, 0.05) is 0 Å². The van der Waals surface area contributed by atoms with Crippen LogP contribution in [-0.4, -0.2) is 81.9 Å². The Morgan fingerprint density at radius 3 is 1.00 bits per heavy atom. The Bertz CT molecular complexity index is 1520. The third-order valence-electron chi connectivity index (χ3n) is 15.2. The van der Waals surface area contributed by atoms with Gasteiger partial charge in [0.25, 0.3) is 0 Å². The predicted molar refractivity (Wildman–Crippen MR) is 266 cm³/mol. The summed E-state index contributed by atoms with van der Waals surface area (Å²) in [6.45, 7) is 35.2. The third kappa shape index (κ3) is 12.9. The van der Waals surface area contributed by atoms with Gasteiger partial charge in [-0.2, -0.15) is 0 Å². The first kappa shape index (κ1) is 46.3. The number of hydrogen-bond donors (Lipinski definition) is 0. The highest BCUT2D eigenvalue weighted by Crippen LogP contribution is 2.43. The summed E-state index contributed by atoms with van der Waals surface area (Å²) >= 11 is 0. The molecule has 4 fully saturated rings. The number of hydrogen-bond acceptors (Lipinski definition) is 4. The quantitative estimate of drug-likeness (QED) is 0.0981. The van der Waals surface area contributed by atoms with Gasteiger partial charge in [0.05, 0.1) is 56.7 Å². The molecule has 57 heavy (non-hydrogen) atoms. The summed E-state index contributed by atoms with van der Waals surface area (Å²) in [5, 5.41) is 6.50. The second-order valence-electron chi connectivity index (χ2n) is 23.7. The van der Waals surface area contributed by atoms with Crippen LogP contribution in [0.15, 0.2) is 48.5 Å². The van der Waals surface area contributed by atoms with Crippen LogP contribution in [0.5, 0.6) is 0 Å². The SMILES string of the molecule is C[Si](C)(CC[Si](C)(C)c1ccc([Si](C)(C)CCC2CCC3OC3C2)cc1)O[Si](C)(C)O[Si](C)(C)CC[Si](C)(C)c1ccc([Si](C)(C)CCC2CCC3OC3C2)cc1. The van der Waals surface area contributed by atoms with Gasteiger partial charge in [-0.3, -0.25) is 0 Å². The standard InChI is InChI=1S/C46H84O4Si7/c1-51(2,29-27-37-15-25-43-45(35-37)47-43)39-17-21-41(22-18-39)53(5,6)31-33-55(9,10)49-57(13,14)50-56(11,12)34-32-54(7,8)42-23-19-40(20-24-42)52(3,4)30-28-38-16-26-44-46(36-38)48-44/h17-24,37-38,43-46H,15-16,25-36H2,1-14H3. The van der Waals surface area contributed by atoms with Crippen molar-refractivity contribution in [2.24, 2.45) is 11.8 Å². The molecule has 2 aromatic rings. The highest BCUT2D eigenvalue weighted by molar-refractivity contribution is 6.94. The molecule has 11 heteroatoms. The molecule has 6 rings (SSSR count). The Hall–Kier alpha value is -0.202. The molecule has 2 aliphatic carbocycles. The van der Waals surface area contributed by atoms with Crippen LogP contribution < -0.4 is 20.7 Å². The average molecular weight is 898 g/mol. The predicted octanol–water partition coefficient (Wildman–Crippen LogP) is 11.1. The molecule has 0 amide bonds. The van der Waals surface area contributed by atoms with Gasteiger partial charge in [-0.05, 0) is 102 Å². The molecule has 0 N–H and O–H groups in total. The maximum absolute atomic E-state index is 7.19. The summed E-state index contributed by atoms with van der Waals surface area (Å²) in [5.74, 6) is 1.77. The zero-order chi connectivity index (χ0) is 41.7. The molecule has 320 valence electrons. The summed E-state index contributed by atoms with van der Waals surface area (Å²) in [6.07, 6.45) is 13.2. The molecule has 0 aromatic heterocycles. The van der Waals surface area contributed by atoms with Gasteiger partial charge in [0.15, 0.2) is 16.6 Å². The van der Waals surface area contributed by atoms with E-state index in [0.717, 1.165) is 11.8 Å². The van der Waals surface area contributed by atoms with Crippen LogP contribution in [0.1, 0.15) is 51.4 Å². The van der Waals surface area contributed by atoms with Crippen molar-refractivity contribution in [2.75, 3.05) is 0 Å². The molecule has 4 nitrogen and oxygen atoms in total. The van der Waals surface area contributed by atoms with Crippen molar-refractivity contribution in [3.05, 3.63) is 48.5 Å². The van der Waals surface area contributed by atoms with Crippen LogP contribution in [-0.2, 0) is 17.7 Å². The first-order valence-electron chi connectivity index (χ1n) is 23.3. The van der Waals surface area contributed by atoms with Crippen LogP contribution >= 0.6 is 0 Å². The normalized spacial score (nSPS) is 25.9. The molecule has 2 heterocycles. The van der Waals surface area contributed by atoms with Gasteiger partial charge < -0.3 is 17.7 Å². The first-order chi connectivity index (χ1) is 26.3. The lowest BCUT2D eigenvalue weighted by molar-refractivity contribution is 0.357. The van der Waals surface area contributed by atoms with Gasteiger partial charge in [-0.25, -0.2) is 0 Å². The van der Waals surface area contributed by atoms with E-state index >= 15 is 0 Å². The van der Waals surface area contributed by atoms with Crippen molar-refractivity contribution in [2.45, 2.75) is 204 Å². The van der Waals surface area contributed by atoms with Gasteiger partial charge in [-0.1, -0.05) is 159 Å². The summed E-state index contributed by atoms with van der Waals surface area (Å²) in [6, 6.07) is 28.0. The van der Waals surface area contributed by atoms with Crippen molar-refractivity contribution in [1.29, 1.82) is 0 Å². The maximum Gasteiger partial charge on any atom is 0.311 e. The molecule has 6 unspecified atom stereocenters. The minimum atomic E-state index is -2.28. The van der Waals surface area contributed by atoms with Crippen LogP contribution in [0.25, 0.3) is 0 Å². The summed E-state index contributed by atoms with van der Waals surface area (Å²) in [5.41, 5.74) is 0. The van der Waals surface area contributed by atoms with Crippen LogP contribution in [0, 0.1) is 11.8 Å². The van der Waals surface area contributed by atoms with E-state index in [1.165, 1.54) is 87.6 Å². The number of ether oxygens (including phenoxy) is 2. The van der Waals surface area contributed by atoms with E-state index in [0.29, 0.717) is 24.4 Å². The van der Waals surface area contributed by atoms with Gasteiger partial charge in [0.2, 0.25) is 0 Å². The number of rotatable bonds is 20. The fraction of sp³-hybridized carbons (Fsp3) is 0.739. The summed E-state index contributed by atoms with van der Waals surface area (Å²) < 4.78 is 26.0. The molecule has 2 saturated carbocycles. The van der Waals surface area contributed by atoms with E-state index in [4.69, 9.17) is 17.7 Å². The Labute approximate surface area is 357 Å². The summed E-state index contributed by atoms with van der Waals surface area (Å²) in [7, 11) is -12.2. The molecular weight excluding hydrogens is 813 g/mol.